The lowest BCUT2D eigenvalue weighted by Crippen LogP contribution is -2.27. The van der Waals surface area contributed by atoms with Crippen molar-refractivity contribution in [2.45, 2.75) is 38.8 Å². The van der Waals surface area contributed by atoms with Crippen molar-refractivity contribution in [3.63, 3.8) is 0 Å². The van der Waals surface area contributed by atoms with Crippen LogP contribution in [0.2, 0.25) is 0 Å². The monoisotopic (exact) mass is 539 g/mol. The van der Waals surface area contributed by atoms with Gasteiger partial charge in [-0.1, -0.05) is 43.3 Å². The summed E-state index contributed by atoms with van der Waals surface area (Å²) in [5.74, 6) is -0.516. The Balaban J connectivity index is 0.000000207. The summed E-state index contributed by atoms with van der Waals surface area (Å²) in [5, 5.41) is 9.16. The van der Waals surface area contributed by atoms with Crippen LogP contribution in [0.5, 0.6) is 0 Å². The van der Waals surface area contributed by atoms with Crippen LogP contribution in [0.1, 0.15) is 41.4 Å². The van der Waals surface area contributed by atoms with Crippen molar-refractivity contribution in [3.05, 3.63) is 100 Å². The Bertz CT molecular complexity index is 1690. The molecule has 0 radical (unpaired) electrons. The van der Waals surface area contributed by atoms with Crippen LogP contribution in [-0.2, 0) is 17.7 Å². The quantitative estimate of drug-likeness (QED) is 0.288. The molecule has 2 aromatic carbocycles. The van der Waals surface area contributed by atoms with E-state index in [9.17, 15) is 9.59 Å². The molecule has 10 nitrogen and oxygen atoms in total. The molecule has 1 unspecified atom stereocenters. The molecule has 1 aliphatic rings. The second kappa shape index (κ2) is 12.1. The van der Waals surface area contributed by atoms with Crippen LogP contribution in [-0.4, -0.2) is 44.3 Å². The minimum Gasteiger partial charge on any atom is -0.381 e. The predicted molar refractivity (Wildman–Crippen MR) is 156 cm³/mol. The van der Waals surface area contributed by atoms with Crippen molar-refractivity contribution in [2.75, 3.05) is 18.9 Å². The molecule has 0 bridgehead atoms. The molecule has 206 valence electrons. The number of fused-ring (bicyclic) bond motifs is 2. The van der Waals surface area contributed by atoms with Crippen molar-refractivity contribution < 1.29 is 9.53 Å². The number of rotatable bonds is 7. The first-order chi connectivity index (χ1) is 19.5. The molecule has 1 fully saturated rings. The van der Waals surface area contributed by atoms with E-state index in [0.29, 0.717) is 18.3 Å². The number of nitrogens with two attached hydrogens (primary N) is 2. The number of hydrogen-bond acceptors (Lipinski definition) is 7. The number of ether oxygens (including phenoxy) is 1. The van der Waals surface area contributed by atoms with Gasteiger partial charge in [0.05, 0.1) is 11.5 Å². The van der Waals surface area contributed by atoms with Crippen molar-refractivity contribution in [1.29, 1.82) is 0 Å². The summed E-state index contributed by atoms with van der Waals surface area (Å²) in [6, 6.07) is 19.9. The van der Waals surface area contributed by atoms with E-state index >= 15 is 0 Å². The molecule has 5 N–H and O–H groups in total. The fraction of sp³-hybridized carbons (Fsp3) is 0.267. The average molecular weight is 540 g/mol. The molecule has 6 rings (SSSR count). The number of aromatic nitrogens is 4. The van der Waals surface area contributed by atoms with Gasteiger partial charge < -0.3 is 21.5 Å². The van der Waals surface area contributed by atoms with Gasteiger partial charge in [-0.25, -0.2) is 9.50 Å². The third kappa shape index (κ3) is 5.58. The third-order valence-electron chi connectivity index (χ3n) is 6.97. The number of para-hydroxylation sites is 1. The highest BCUT2D eigenvalue weighted by Gasteiger charge is 2.17. The SMILES string of the molecule is CCc1cc2cccc(CNCC3CCCO3)c2c(=O)n1-c1ccccc1.NC(=O)c1c(N)nn2cccnc12. The Labute approximate surface area is 231 Å². The molecule has 1 saturated heterocycles. The fourth-order valence-electron chi connectivity index (χ4n) is 5.07. The summed E-state index contributed by atoms with van der Waals surface area (Å²) in [6.07, 6.45) is 6.55. The number of primary amides is 1. The third-order valence-corrected chi connectivity index (χ3v) is 6.97. The van der Waals surface area contributed by atoms with E-state index in [4.69, 9.17) is 16.2 Å². The molecule has 10 heteroatoms. The van der Waals surface area contributed by atoms with Crippen molar-refractivity contribution in [2.24, 2.45) is 5.73 Å². The number of hydrogen-bond donors (Lipinski definition) is 3. The van der Waals surface area contributed by atoms with Crippen LogP contribution in [0.3, 0.4) is 0 Å². The zero-order valence-electron chi connectivity index (χ0n) is 22.4. The summed E-state index contributed by atoms with van der Waals surface area (Å²) in [7, 11) is 0. The number of anilines is 1. The van der Waals surface area contributed by atoms with Gasteiger partial charge >= 0.3 is 0 Å². The molecule has 0 saturated carbocycles. The molecule has 40 heavy (non-hydrogen) atoms. The lowest BCUT2D eigenvalue weighted by atomic mass is 10.0. The molecule has 5 aromatic rings. The predicted octanol–water partition coefficient (Wildman–Crippen LogP) is 3.23. The first kappa shape index (κ1) is 27.0. The molecule has 1 atom stereocenters. The van der Waals surface area contributed by atoms with E-state index in [0.717, 1.165) is 60.1 Å². The summed E-state index contributed by atoms with van der Waals surface area (Å²) in [4.78, 5) is 28.3. The number of pyridine rings is 1. The first-order valence-electron chi connectivity index (χ1n) is 13.4. The van der Waals surface area contributed by atoms with Gasteiger partial charge in [0.1, 0.15) is 5.56 Å². The number of benzene rings is 2. The zero-order valence-corrected chi connectivity index (χ0v) is 22.4. The van der Waals surface area contributed by atoms with Gasteiger partial charge in [0.25, 0.3) is 11.5 Å². The van der Waals surface area contributed by atoms with Gasteiger partial charge in [-0.05, 0) is 54.5 Å². The topological polar surface area (TPSA) is 143 Å². The lowest BCUT2D eigenvalue weighted by Gasteiger charge is -2.16. The van der Waals surface area contributed by atoms with Crippen molar-refractivity contribution >= 4 is 28.1 Å². The Morgan fingerprint density at radius 2 is 1.98 bits per heavy atom. The number of carbonyl (C=O) groups is 1. The lowest BCUT2D eigenvalue weighted by molar-refractivity contribution is 0.100. The number of carbonyl (C=O) groups excluding carboxylic acids is 1. The maximum Gasteiger partial charge on any atom is 0.263 e. The van der Waals surface area contributed by atoms with Gasteiger partial charge in [-0.2, -0.15) is 0 Å². The Kier molecular flexibility index (Phi) is 8.18. The molecular formula is C30H33N7O3. The number of aryl methyl sites for hydroxylation is 1. The summed E-state index contributed by atoms with van der Waals surface area (Å²) >= 11 is 0. The molecule has 0 spiro atoms. The van der Waals surface area contributed by atoms with Gasteiger partial charge in [0.15, 0.2) is 11.5 Å². The maximum absolute atomic E-state index is 13.5. The van der Waals surface area contributed by atoms with E-state index < -0.39 is 5.91 Å². The molecular weight excluding hydrogens is 506 g/mol. The number of nitrogens with one attached hydrogen (secondary N) is 1. The van der Waals surface area contributed by atoms with Gasteiger partial charge in [0, 0.05) is 43.5 Å². The van der Waals surface area contributed by atoms with Crippen LogP contribution in [0.25, 0.3) is 22.1 Å². The van der Waals surface area contributed by atoms with E-state index in [-0.39, 0.29) is 16.9 Å². The largest absolute Gasteiger partial charge is 0.381 e. The number of nitrogen functional groups attached to an aromatic ring is 1. The second-order valence-corrected chi connectivity index (χ2v) is 9.62. The molecule has 1 aliphatic heterocycles. The smallest absolute Gasteiger partial charge is 0.263 e. The Morgan fingerprint density at radius 1 is 1.15 bits per heavy atom. The van der Waals surface area contributed by atoms with Crippen LogP contribution in [0.4, 0.5) is 5.82 Å². The number of amides is 1. The zero-order chi connectivity index (χ0) is 28.1. The van der Waals surface area contributed by atoms with E-state index in [1.807, 2.05) is 53.1 Å². The average Bonchev–Trinajstić information content (AvgIpc) is 3.60. The minimum absolute atomic E-state index is 0.0602. The van der Waals surface area contributed by atoms with E-state index in [1.54, 1.807) is 18.5 Å². The highest BCUT2D eigenvalue weighted by Crippen LogP contribution is 2.20. The Hall–Kier alpha value is -4.54. The molecule has 0 aliphatic carbocycles. The second-order valence-electron chi connectivity index (χ2n) is 9.62. The highest BCUT2D eigenvalue weighted by molar-refractivity contribution is 6.03. The first-order valence-corrected chi connectivity index (χ1v) is 13.4. The minimum atomic E-state index is -0.619. The van der Waals surface area contributed by atoms with Crippen LogP contribution in [0, 0.1) is 0 Å². The van der Waals surface area contributed by atoms with Gasteiger partial charge in [-0.15, -0.1) is 5.10 Å². The molecule has 4 heterocycles. The summed E-state index contributed by atoms with van der Waals surface area (Å²) in [6.45, 7) is 4.46. The standard InChI is InChI=1S/C23H26N2O2.C7H7N5O/c1-2-19-14-17-8-6-9-18(15-24-16-21-12-7-13-27-21)22(17)23(26)25(19)20-10-4-3-5-11-20;8-5-4(6(9)13)7-10-2-1-3-12(7)11-5/h3-6,8-11,14,21,24H,2,7,12-13,15-16H2,1H3;1-3H,(H2,8,11)(H2,9,13). The van der Waals surface area contributed by atoms with Crippen molar-refractivity contribution in [3.8, 4) is 5.69 Å². The normalized spacial score (nSPS) is 14.8. The van der Waals surface area contributed by atoms with Crippen LogP contribution in [0.15, 0.2) is 77.9 Å². The van der Waals surface area contributed by atoms with Crippen LogP contribution < -0.4 is 22.3 Å². The van der Waals surface area contributed by atoms with E-state index in [2.05, 4.69) is 28.4 Å². The maximum atomic E-state index is 13.5. The van der Waals surface area contributed by atoms with Crippen molar-refractivity contribution in [1.82, 2.24) is 24.5 Å². The molecule has 1 amide bonds. The molecule has 3 aromatic heterocycles. The van der Waals surface area contributed by atoms with E-state index in [1.165, 1.54) is 4.52 Å². The van der Waals surface area contributed by atoms with Gasteiger partial charge in [-0.3, -0.25) is 14.2 Å². The van der Waals surface area contributed by atoms with Crippen LogP contribution >= 0.6 is 0 Å². The fourth-order valence-corrected chi connectivity index (χ4v) is 5.07. The summed E-state index contributed by atoms with van der Waals surface area (Å²) in [5.41, 5.74) is 14.2. The van der Waals surface area contributed by atoms with Gasteiger partial charge in [0.2, 0.25) is 0 Å². The Morgan fingerprint density at radius 3 is 2.70 bits per heavy atom. The summed E-state index contributed by atoms with van der Waals surface area (Å²) < 4.78 is 8.95. The number of nitrogens with zero attached hydrogens (tertiary/aromatic N) is 4. The highest BCUT2D eigenvalue weighted by atomic mass is 16.5.